The minimum absolute atomic E-state index is 0. The van der Waals surface area contributed by atoms with Crippen molar-refractivity contribution in [3.63, 3.8) is 0 Å². The number of carbonyl (C=O) groups is 1. The van der Waals surface area contributed by atoms with Gasteiger partial charge in [0.05, 0.1) is 12.0 Å². The lowest BCUT2D eigenvalue weighted by molar-refractivity contribution is -0.137. The zero-order valence-electron chi connectivity index (χ0n) is 5.82. The summed E-state index contributed by atoms with van der Waals surface area (Å²) in [7, 11) is 0. The molecule has 1 unspecified atom stereocenters. The van der Waals surface area contributed by atoms with Crippen LogP contribution in [0.3, 0.4) is 0 Å². The average Bonchev–Trinajstić information content (AvgIpc) is 2.12. The second-order valence-corrected chi connectivity index (χ2v) is 3.31. The van der Waals surface area contributed by atoms with E-state index in [-0.39, 0.29) is 18.8 Å². The molecule has 1 heterocycles. The van der Waals surface area contributed by atoms with Crippen molar-refractivity contribution in [2.75, 3.05) is 5.75 Å². The van der Waals surface area contributed by atoms with Gasteiger partial charge in [0.1, 0.15) is 0 Å². The largest absolute Gasteiger partial charge is 0.481 e. The summed E-state index contributed by atoms with van der Waals surface area (Å²) in [5.41, 5.74) is 5.07. The second kappa shape index (κ2) is 3.99. The van der Waals surface area contributed by atoms with E-state index in [9.17, 15) is 4.79 Å². The Morgan fingerprint density at radius 2 is 2.45 bits per heavy atom. The van der Waals surface area contributed by atoms with Crippen LogP contribution in [0.2, 0.25) is 0 Å². The van der Waals surface area contributed by atoms with E-state index in [1.165, 1.54) is 0 Å². The minimum atomic E-state index is -0.838. The van der Waals surface area contributed by atoms with Crippen LogP contribution < -0.4 is 5.73 Å². The molecule has 0 amide bonds. The molecule has 0 aromatic rings. The normalized spacial score (nSPS) is 28.1. The van der Waals surface area contributed by atoms with Crippen molar-refractivity contribution in [1.29, 1.82) is 0 Å². The number of hydrogen-bond donors (Lipinski definition) is 2. The Morgan fingerprint density at radius 1 is 1.82 bits per heavy atom. The predicted molar refractivity (Wildman–Crippen MR) is 48.0 cm³/mol. The highest BCUT2D eigenvalue weighted by atomic mass is 35.5. The fourth-order valence-electron chi connectivity index (χ4n) is 0.827. The smallest absolute Gasteiger partial charge is 0.305 e. The standard InChI is InChI=1S/C6H9NO2S.ClH/c7-6(3-5(8)9)1-2-10-4-6;/h1-2H,3-4,7H2,(H,8,9);1H. The summed E-state index contributed by atoms with van der Waals surface area (Å²) in [4.78, 5) is 10.2. The third-order valence-corrected chi connectivity index (χ3v) is 2.36. The molecule has 0 bridgehead atoms. The first-order valence-corrected chi connectivity index (χ1v) is 3.97. The van der Waals surface area contributed by atoms with E-state index in [0.29, 0.717) is 5.75 Å². The van der Waals surface area contributed by atoms with Crippen molar-refractivity contribution in [3.8, 4) is 0 Å². The molecule has 3 nitrogen and oxygen atoms in total. The maximum atomic E-state index is 10.2. The molecule has 1 aliphatic rings. The Morgan fingerprint density at radius 3 is 2.82 bits per heavy atom. The highest BCUT2D eigenvalue weighted by Crippen LogP contribution is 2.24. The molecule has 0 saturated carbocycles. The van der Waals surface area contributed by atoms with Gasteiger partial charge in [-0.05, 0) is 5.41 Å². The van der Waals surface area contributed by atoms with Gasteiger partial charge in [-0.25, -0.2) is 0 Å². The van der Waals surface area contributed by atoms with E-state index in [1.807, 2.05) is 5.41 Å². The molecule has 0 fully saturated rings. The van der Waals surface area contributed by atoms with E-state index in [1.54, 1.807) is 17.8 Å². The predicted octanol–water partition coefficient (Wildman–Crippen LogP) is 0.841. The molecule has 1 rings (SSSR count). The first-order valence-electron chi connectivity index (χ1n) is 2.92. The van der Waals surface area contributed by atoms with Gasteiger partial charge in [0.25, 0.3) is 0 Å². The molecule has 64 valence electrons. The van der Waals surface area contributed by atoms with E-state index >= 15 is 0 Å². The van der Waals surface area contributed by atoms with Crippen LogP contribution >= 0.6 is 24.2 Å². The third kappa shape index (κ3) is 3.14. The molecular weight excluding hydrogens is 186 g/mol. The molecule has 1 atom stereocenters. The molecule has 0 saturated heterocycles. The Bertz CT molecular complexity index is 185. The fourth-order valence-corrected chi connectivity index (χ4v) is 1.80. The Balaban J connectivity index is 0.000001000. The summed E-state index contributed by atoms with van der Waals surface area (Å²) >= 11 is 1.55. The third-order valence-electron chi connectivity index (χ3n) is 1.33. The number of carboxylic acid groups (broad SMARTS) is 1. The number of hydrogen-bond acceptors (Lipinski definition) is 3. The van der Waals surface area contributed by atoms with Crippen molar-refractivity contribution >= 4 is 30.1 Å². The monoisotopic (exact) mass is 195 g/mol. The van der Waals surface area contributed by atoms with Gasteiger partial charge in [0.2, 0.25) is 0 Å². The average molecular weight is 196 g/mol. The first kappa shape index (κ1) is 10.8. The van der Waals surface area contributed by atoms with Crippen molar-refractivity contribution in [1.82, 2.24) is 0 Å². The van der Waals surface area contributed by atoms with E-state index in [4.69, 9.17) is 10.8 Å². The van der Waals surface area contributed by atoms with Crippen LogP contribution in [0.4, 0.5) is 0 Å². The maximum Gasteiger partial charge on any atom is 0.305 e. The summed E-state index contributed by atoms with van der Waals surface area (Å²) in [5.74, 6) is -0.158. The van der Waals surface area contributed by atoms with Gasteiger partial charge in [-0.1, -0.05) is 6.08 Å². The van der Waals surface area contributed by atoms with Crippen LogP contribution in [0.15, 0.2) is 11.5 Å². The molecular formula is C6H10ClNO2S. The van der Waals surface area contributed by atoms with E-state index in [0.717, 1.165) is 0 Å². The van der Waals surface area contributed by atoms with Gasteiger partial charge >= 0.3 is 5.97 Å². The number of thioether (sulfide) groups is 1. The molecule has 0 spiro atoms. The Hall–Kier alpha value is -0.190. The lowest BCUT2D eigenvalue weighted by Gasteiger charge is -2.17. The Kier molecular flexibility index (Phi) is 3.92. The van der Waals surface area contributed by atoms with Crippen LogP contribution in [0.1, 0.15) is 6.42 Å². The second-order valence-electron chi connectivity index (χ2n) is 2.42. The molecule has 0 aromatic heterocycles. The highest BCUT2D eigenvalue weighted by molar-refractivity contribution is 8.02. The van der Waals surface area contributed by atoms with E-state index in [2.05, 4.69) is 0 Å². The molecule has 5 heteroatoms. The molecule has 1 aliphatic heterocycles. The van der Waals surface area contributed by atoms with Crippen LogP contribution in [0.5, 0.6) is 0 Å². The minimum Gasteiger partial charge on any atom is -0.481 e. The molecule has 3 N–H and O–H groups in total. The molecule has 11 heavy (non-hydrogen) atoms. The van der Waals surface area contributed by atoms with Gasteiger partial charge < -0.3 is 10.8 Å². The number of rotatable bonds is 2. The van der Waals surface area contributed by atoms with Crippen molar-refractivity contribution < 1.29 is 9.90 Å². The van der Waals surface area contributed by atoms with Crippen molar-refractivity contribution in [2.24, 2.45) is 5.73 Å². The van der Waals surface area contributed by atoms with E-state index < -0.39 is 11.5 Å². The van der Waals surface area contributed by atoms with Crippen molar-refractivity contribution in [2.45, 2.75) is 12.0 Å². The molecule has 0 aliphatic carbocycles. The lowest BCUT2D eigenvalue weighted by Crippen LogP contribution is -2.40. The molecule has 0 aromatic carbocycles. The topological polar surface area (TPSA) is 63.3 Å². The van der Waals surface area contributed by atoms with Gasteiger partial charge in [-0.3, -0.25) is 4.79 Å². The quantitative estimate of drug-likeness (QED) is 0.686. The zero-order valence-corrected chi connectivity index (χ0v) is 7.45. The Labute approximate surface area is 75.4 Å². The summed E-state index contributed by atoms with van der Waals surface area (Å²) < 4.78 is 0. The van der Waals surface area contributed by atoms with Crippen LogP contribution in [-0.2, 0) is 4.79 Å². The lowest BCUT2D eigenvalue weighted by atomic mass is 10.0. The number of halogens is 1. The fraction of sp³-hybridized carbons (Fsp3) is 0.500. The number of nitrogens with two attached hydrogens (primary N) is 1. The number of carboxylic acids is 1. The summed E-state index contributed by atoms with van der Waals surface area (Å²) in [6.07, 6.45) is 1.78. The molecule has 0 radical (unpaired) electrons. The van der Waals surface area contributed by atoms with Gasteiger partial charge in [-0.2, -0.15) is 0 Å². The van der Waals surface area contributed by atoms with Gasteiger partial charge in [0, 0.05) is 5.75 Å². The maximum absolute atomic E-state index is 10.2. The summed E-state index contributed by atoms with van der Waals surface area (Å²) in [6.45, 7) is 0. The number of aliphatic carboxylic acids is 1. The highest BCUT2D eigenvalue weighted by Gasteiger charge is 2.27. The summed E-state index contributed by atoms with van der Waals surface area (Å²) in [5, 5.41) is 10.3. The van der Waals surface area contributed by atoms with Gasteiger partial charge in [-0.15, -0.1) is 24.2 Å². The zero-order chi connectivity index (χ0) is 7.61. The van der Waals surface area contributed by atoms with Crippen LogP contribution in [0, 0.1) is 0 Å². The van der Waals surface area contributed by atoms with Crippen molar-refractivity contribution in [3.05, 3.63) is 11.5 Å². The van der Waals surface area contributed by atoms with Gasteiger partial charge in [0.15, 0.2) is 0 Å². The first-order chi connectivity index (χ1) is 4.62. The van der Waals surface area contributed by atoms with Crippen LogP contribution in [0.25, 0.3) is 0 Å². The van der Waals surface area contributed by atoms with Crippen LogP contribution in [-0.4, -0.2) is 22.4 Å². The summed E-state index contributed by atoms with van der Waals surface area (Å²) in [6, 6.07) is 0. The SMILES string of the molecule is Cl.NC1(CC(=O)O)C=CSC1.